The second-order valence-corrected chi connectivity index (χ2v) is 7.64. The first-order valence-corrected chi connectivity index (χ1v) is 10.1. The summed E-state index contributed by atoms with van der Waals surface area (Å²) in [6, 6.07) is 7.16. The van der Waals surface area contributed by atoms with E-state index in [0.29, 0.717) is 17.5 Å². The van der Waals surface area contributed by atoms with Gasteiger partial charge in [-0.1, -0.05) is 19.1 Å². The largest absolute Gasteiger partial charge is 0.493 e. The van der Waals surface area contributed by atoms with Gasteiger partial charge in [0.05, 0.1) is 5.39 Å². The van der Waals surface area contributed by atoms with Gasteiger partial charge in [0.25, 0.3) is 5.91 Å². The summed E-state index contributed by atoms with van der Waals surface area (Å²) in [5, 5.41) is 30.7. The lowest BCUT2D eigenvalue weighted by Gasteiger charge is -2.15. The van der Waals surface area contributed by atoms with Crippen LogP contribution in [0.3, 0.4) is 0 Å². The van der Waals surface area contributed by atoms with Crippen molar-refractivity contribution in [2.24, 2.45) is 0 Å². The Labute approximate surface area is 188 Å². The average molecular weight is 453 g/mol. The Morgan fingerprint density at radius 3 is 2.45 bits per heavy atom. The highest BCUT2D eigenvalue weighted by molar-refractivity contribution is 5.96. The van der Waals surface area contributed by atoms with Crippen LogP contribution < -0.4 is 11.1 Å². The van der Waals surface area contributed by atoms with Crippen LogP contribution in [0.15, 0.2) is 36.5 Å². The van der Waals surface area contributed by atoms with Crippen molar-refractivity contribution in [3.63, 3.8) is 0 Å². The number of anilines is 1. The van der Waals surface area contributed by atoms with Crippen molar-refractivity contribution >= 4 is 34.8 Å². The molecule has 0 aliphatic carbocycles. The molecule has 1 unspecified atom stereocenters. The third-order valence-corrected chi connectivity index (χ3v) is 5.14. The van der Waals surface area contributed by atoms with E-state index in [1.54, 1.807) is 36.5 Å². The Morgan fingerprint density at radius 2 is 1.82 bits per heavy atom. The van der Waals surface area contributed by atoms with E-state index in [0.717, 1.165) is 11.1 Å². The number of carbonyl (C=O) groups excluding carboxylic acids is 1. The average Bonchev–Trinajstić information content (AvgIpc) is 2.76. The van der Waals surface area contributed by atoms with Crippen molar-refractivity contribution < 1.29 is 29.7 Å². The molecule has 0 saturated carbocycles. The maximum Gasteiger partial charge on any atom is 0.326 e. The Kier molecular flexibility index (Phi) is 7.01. The van der Waals surface area contributed by atoms with Crippen molar-refractivity contribution in [1.29, 1.82) is 0 Å². The highest BCUT2D eigenvalue weighted by Crippen LogP contribution is 2.25. The minimum atomic E-state index is -1.29. The number of aromatic nitrogens is 3. The van der Waals surface area contributed by atoms with Crippen molar-refractivity contribution in [3.8, 4) is 5.88 Å². The first-order valence-electron chi connectivity index (χ1n) is 10.1. The lowest BCUT2D eigenvalue weighted by molar-refractivity contribution is -0.140. The third kappa shape index (κ3) is 5.91. The van der Waals surface area contributed by atoms with Crippen LogP contribution in [-0.4, -0.2) is 54.2 Å². The number of rotatable bonds is 9. The first kappa shape index (κ1) is 23.4. The Bertz CT molecular complexity index is 1200. The second kappa shape index (κ2) is 9.90. The van der Waals surface area contributed by atoms with Gasteiger partial charge in [-0.2, -0.15) is 9.97 Å². The number of carboxylic acid groups (broad SMARTS) is 2. The molecule has 0 aliphatic heterocycles. The molecule has 0 saturated heterocycles. The maximum atomic E-state index is 12.4. The van der Waals surface area contributed by atoms with Crippen LogP contribution >= 0.6 is 0 Å². The number of fused-ring (bicyclic) bond motifs is 1. The molecule has 11 nitrogen and oxygen atoms in total. The molecule has 172 valence electrons. The minimum Gasteiger partial charge on any atom is -0.493 e. The van der Waals surface area contributed by atoms with Crippen molar-refractivity contribution in [3.05, 3.63) is 53.2 Å². The SMILES string of the molecule is CC(Cc1cnc2nc(N)nc(O)c2c1)c1ccc(C(=O)N[C@@H](CCC(=O)O)C(=O)O)cc1. The quantitative estimate of drug-likeness (QED) is 0.319. The molecule has 0 radical (unpaired) electrons. The highest BCUT2D eigenvalue weighted by atomic mass is 16.4. The van der Waals surface area contributed by atoms with Crippen molar-refractivity contribution in [2.75, 3.05) is 5.73 Å². The van der Waals surface area contributed by atoms with Crippen LogP contribution in [0.2, 0.25) is 0 Å². The molecule has 1 aromatic carbocycles. The summed E-state index contributed by atoms with van der Waals surface area (Å²) in [4.78, 5) is 46.3. The maximum absolute atomic E-state index is 12.4. The molecule has 2 atom stereocenters. The number of pyridine rings is 1. The number of hydrogen-bond acceptors (Lipinski definition) is 8. The summed E-state index contributed by atoms with van der Waals surface area (Å²) < 4.78 is 0. The number of hydrogen-bond donors (Lipinski definition) is 5. The number of benzene rings is 1. The lowest BCUT2D eigenvalue weighted by atomic mass is 9.93. The normalized spacial score (nSPS) is 12.8. The minimum absolute atomic E-state index is 0.0422. The van der Waals surface area contributed by atoms with Crippen LogP contribution in [0, 0.1) is 0 Å². The van der Waals surface area contributed by atoms with Gasteiger partial charge >= 0.3 is 11.9 Å². The highest BCUT2D eigenvalue weighted by Gasteiger charge is 2.21. The predicted octanol–water partition coefficient (Wildman–Crippen LogP) is 1.71. The zero-order valence-electron chi connectivity index (χ0n) is 17.7. The molecular weight excluding hydrogens is 430 g/mol. The summed E-state index contributed by atoms with van der Waals surface area (Å²) in [6.07, 6.45) is 1.66. The zero-order valence-corrected chi connectivity index (χ0v) is 17.7. The second-order valence-electron chi connectivity index (χ2n) is 7.64. The van der Waals surface area contributed by atoms with Gasteiger partial charge in [-0.15, -0.1) is 0 Å². The molecule has 3 rings (SSSR count). The standard InChI is InChI=1S/C22H23N5O6/c1-11(8-12-9-15-18(24-10-12)26-22(23)27-20(15)31)13-2-4-14(5-3-13)19(30)25-16(21(32)33)6-7-17(28)29/h2-5,9-11,16H,6-8H2,1H3,(H,25,30)(H,28,29)(H,32,33)(H3,23,24,26,27,31)/t11?,16-/m0/s1. The number of amides is 1. The number of nitrogens with zero attached hydrogens (tertiary/aromatic N) is 3. The Balaban J connectivity index is 1.67. The number of nitrogens with two attached hydrogens (primary N) is 1. The molecule has 0 aliphatic rings. The summed E-state index contributed by atoms with van der Waals surface area (Å²) in [6.45, 7) is 1.99. The van der Waals surface area contributed by atoms with Crippen LogP contribution in [-0.2, 0) is 16.0 Å². The summed E-state index contributed by atoms with van der Waals surface area (Å²) >= 11 is 0. The van der Waals surface area contributed by atoms with E-state index in [1.165, 1.54) is 0 Å². The molecule has 0 fully saturated rings. The first-order chi connectivity index (χ1) is 15.6. The van der Waals surface area contributed by atoms with Crippen molar-refractivity contribution in [2.45, 2.75) is 38.1 Å². The monoisotopic (exact) mass is 453 g/mol. The van der Waals surface area contributed by atoms with Gasteiger partial charge in [0.1, 0.15) is 6.04 Å². The van der Waals surface area contributed by atoms with Crippen LogP contribution in [0.5, 0.6) is 5.88 Å². The number of aromatic hydroxyl groups is 1. The smallest absolute Gasteiger partial charge is 0.326 e. The molecule has 2 heterocycles. The van der Waals surface area contributed by atoms with E-state index >= 15 is 0 Å². The third-order valence-electron chi connectivity index (χ3n) is 5.14. The Hall–Kier alpha value is -4.28. The molecule has 1 amide bonds. The van der Waals surface area contributed by atoms with Gasteiger partial charge < -0.3 is 26.4 Å². The van der Waals surface area contributed by atoms with Gasteiger partial charge in [-0.3, -0.25) is 9.59 Å². The number of nitrogens with one attached hydrogen (secondary N) is 1. The van der Waals surface area contributed by atoms with Gasteiger partial charge in [-0.25, -0.2) is 9.78 Å². The fourth-order valence-corrected chi connectivity index (χ4v) is 3.37. The van der Waals surface area contributed by atoms with Gasteiger partial charge in [0.15, 0.2) is 5.65 Å². The van der Waals surface area contributed by atoms with E-state index < -0.39 is 23.9 Å². The van der Waals surface area contributed by atoms with E-state index in [9.17, 15) is 24.6 Å². The lowest BCUT2D eigenvalue weighted by Crippen LogP contribution is -2.41. The number of nitrogen functional groups attached to an aromatic ring is 1. The van der Waals surface area contributed by atoms with E-state index in [2.05, 4.69) is 20.3 Å². The predicted molar refractivity (Wildman–Crippen MR) is 118 cm³/mol. The van der Waals surface area contributed by atoms with Crippen LogP contribution in [0.25, 0.3) is 11.0 Å². The van der Waals surface area contributed by atoms with Crippen LogP contribution in [0.1, 0.15) is 47.2 Å². The molecule has 2 aromatic heterocycles. The van der Waals surface area contributed by atoms with E-state index in [4.69, 9.17) is 10.8 Å². The molecule has 0 bridgehead atoms. The summed E-state index contributed by atoms with van der Waals surface area (Å²) in [5.41, 5.74) is 7.87. The molecule has 3 aromatic rings. The fraction of sp³-hybridized carbons (Fsp3) is 0.273. The molecule has 0 spiro atoms. The van der Waals surface area contributed by atoms with Crippen molar-refractivity contribution in [1.82, 2.24) is 20.3 Å². The molecule has 11 heteroatoms. The topological polar surface area (TPSA) is 189 Å². The molecular formula is C22H23N5O6. The molecule has 6 N–H and O–H groups in total. The Morgan fingerprint density at radius 1 is 1.12 bits per heavy atom. The van der Waals surface area contributed by atoms with Gasteiger partial charge in [0, 0.05) is 18.2 Å². The van der Waals surface area contributed by atoms with Gasteiger partial charge in [0.2, 0.25) is 11.8 Å². The number of aliphatic carboxylic acids is 2. The van der Waals surface area contributed by atoms with Crippen LogP contribution in [0.4, 0.5) is 5.95 Å². The van der Waals surface area contributed by atoms with E-state index in [1.807, 2.05) is 6.92 Å². The summed E-state index contributed by atoms with van der Waals surface area (Å²) in [7, 11) is 0. The number of carbonyl (C=O) groups is 3. The molecule has 33 heavy (non-hydrogen) atoms. The number of carboxylic acids is 2. The van der Waals surface area contributed by atoms with E-state index in [-0.39, 0.29) is 36.2 Å². The summed E-state index contributed by atoms with van der Waals surface area (Å²) in [5.74, 6) is -3.28. The van der Waals surface area contributed by atoms with Gasteiger partial charge in [-0.05, 0) is 48.1 Å². The fourth-order valence-electron chi connectivity index (χ4n) is 3.37. The zero-order chi connectivity index (χ0) is 24.1.